The van der Waals surface area contributed by atoms with E-state index >= 15 is 0 Å². The Labute approximate surface area is 478 Å². The first kappa shape index (κ1) is 66.7. The molecule has 5 fully saturated rings. The van der Waals surface area contributed by atoms with Crippen molar-refractivity contribution in [3.63, 3.8) is 0 Å². The van der Waals surface area contributed by atoms with Crippen molar-refractivity contribution in [2.45, 2.75) is 78.6 Å². The molecule has 3 aromatic rings. The molecule has 5 saturated heterocycles. The van der Waals surface area contributed by atoms with Gasteiger partial charge >= 0.3 is 23.9 Å². The van der Waals surface area contributed by atoms with E-state index in [0.29, 0.717) is 19.3 Å². The van der Waals surface area contributed by atoms with E-state index in [0.717, 1.165) is 43.4 Å². The number of amides is 8. The minimum absolute atomic E-state index is 0.177. The van der Waals surface area contributed by atoms with E-state index in [1.54, 1.807) is 13.8 Å². The Morgan fingerprint density at radius 1 is 0.488 bits per heavy atom. The number of imide groups is 4. The highest BCUT2D eigenvalue weighted by Crippen LogP contribution is 2.49. The summed E-state index contributed by atoms with van der Waals surface area (Å²) < 4.78 is 9.41. The van der Waals surface area contributed by atoms with Crippen LogP contribution in [0, 0.1) is 71.0 Å². The minimum Gasteiger partial charge on any atom is -0.481 e. The molecule has 21 nitrogen and oxygen atoms in total. The zero-order chi connectivity index (χ0) is 61.8. The minimum atomic E-state index is -1.35. The van der Waals surface area contributed by atoms with E-state index < -0.39 is 113 Å². The highest BCUT2D eigenvalue weighted by Gasteiger charge is 2.61. The number of nitrogens with two attached hydrogens (primary N) is 1. The van der Waals surface area contributed by atoms with Crippen molar-refractivity contribution >= 4 is 71.1 Å². The molecule has 0 saturated carbocycles. The average molecular weight is 1140 g/mol. The Morgan fingerprint density at radius 2 is 0.805 bits per heavy atom. The van der Waals surface area contributed by atoms with Crippen LogP contribution in [0.4, 0.5) is 0 Å². The number of methoxy groups -OCH3 is 1. The summed E-state index contributed by atoms with van der Waals surface area (Å²) in [5, 5.41) is 16.8. The summed E-state index contributed by atoms with van der Waals surface area (Å²) in [6.45, 7) is 10.5. The number of aliphatic hydroxyl groups excluding tert-OH is 1. The van der Waals surface area contributed by atoms with Gasteiger partial charge in [-0.1, -0.05) is 133 Å². The van der Waals surface area contributed by atoms with E-state index in [1.165, 1.54) is 49.3 Å². The van der Waals surface area contributed by atoms with Gasteiger partial charge in [0.2, 0.25) is 47.3 Å². The van der Waals surface area contributed by atoms with Crippen LogP contribution in [0.25, 0.3) is 0 Å². The second-order valence-electron chi connectivity index (χ2n) is 20.9. The number of likely N-dealkylation sites (tertiary alicyclic amines) is 4. The number of nitrogens with zero attached hydrogens (tertiary/aromatic N) is 4. The summed E-state index contributed by atoms with van der Waals surface area (Å²) in [4.78, 5) is 154. The Hall–Kier alpha value is -7.78. The molecule has 5 heterocycles. The number of rotatable bonds is 15. The van der Waals surface area contributed by atoms with Gasteiger partial charge < -0.3 is 25.4 Å². The molecule has 0 radical (unpaired) electrons. The van der Waals surface area contributed by atoms with Crippen molar-refractivity contribution in [3.8, 4) is 0 Å². The molecule has 15 unspecified atom stereocenters. The van der Waals surface area contributed by atoms with Crippen LogP contribution in [0.5, 0.6) is 0 Å². The van der Waals surface area contributed by atoms with Crippen molar-refractivity contribution < 1.29 is 77.2 Å². The zero-order valence-corrected chi connectivity index (χ0v) is 48.9. The molecule has 5 aliphatic rings. The number of carboxylic acid groups (broad SMARTS) is 1. The van der Waals surface area contributed by atoms with Crippen molar-refractivity contribution in [2.75, 3.05) is 49.5 Å². The number of benzene rings is 3. The van der Waals surface area contributed by atoms with Crippen LogP contribution in [0.15, 0.2) is 91.0 Å². The summed E-state index contributed by atoms with van der Waals surface area (Å²) in [5.41, 5.74) is 7.28. The normalized spacial score (nSPS) is 26.8. The van der Waals surface area contributed by atoms with E-state index in [1.807, 2.05) is 112 Å². The molecule has 0 aliphatic carbocycles. The molecular formula is C61H79N5O16. The third-order valence-electron chi connectivity index (χ3n) is 17.0. The second-order valence-corrected chi connectivity index (χ2v) is 20.9. The van der Waals surface area contributed by atoms with Crippen LogP contribution >= 0.6 is 0 Å². The van der Waals surface area contributed by atoms with Crippen molar-refractivity contribution in [1.82, 2.24) is 19.6 Å². The summed E-state index contributed by atoms with van der Waals surface area (Å²) in [7, 11) is 9.36. The molecule has 82 heavy (non-hydrogen) atoms. The quantitative estimate of drug-likeness (QED) is 0.107. The SMILES string of the molecule is CCC(c1ccccc1)C1C(=O)N(C)C(=O)C1C(C(=O)O)C(C)C(=O)OC.CCC(c1ccccc1)C1C(=O)N(C)C(=O)C1C1C(=O)N(C)C(=O)C1C.CCC(c1ccccc1)C1C(=O)N(C)C(=O)C1C1C(=O)OC(=O)C1C.CN.CO. The molecule has 4 N–H and O–H groups in total. The van der Waals surface area contributed by atoms with Crippen LogP contribution in [-0.2, 0) is 67.0 Å². The predicted molar refractivity (Wildman–Crippen MR) is 297 cm³/mol. The van der Waals surface area contributed by atoms with Crippen molar-refractivity contribution in [1.29, 1.82) is 0 Å². The summed E-state index contributed by atoms with van der Waals surface area (Å²) >= 11 is 0. The smallest absolute Gasteiger partial charge is 0.318 e. The van der Waals surface area contributed by atoms with E-state index in [-0.39, 0.29) is 47.3 Å². The lowest BCUT2D eigenvalue weighted by Gasteiger charge is -2.30. The Bertz CT molecular complexity index is 2830. The van der Waals surface area contributed by atoms with Crippen LogP contribution in [0.1, 0.15) is 95.2 Å². The third kappa shape index (κ3) is 12.9. The van der Waals surface area contributed by atoms with Gasteiger partial charge in [-0.3, -0.25) is 77.1 Å². The molecule has 0 bridgehead atoms. The van der Waals surface area contributed by atoms with Crippen molar-refractivity contribution in [3.05, 3.63) is 108 Å². The Morgan fingerprint density at radius 3 is 1.12 bits per heavy atom. The highest BCUT2D eigenvalue weighted by atomic mass is 16.6. The molecule has 21 heteroatoms. The number of esters is 3. The fourth-order valence-electron chi connectivity index (χ4n) is 12.7. The largest absolute Gasteiger partial charge is 0.481 e. The summed E-state index contributed by atoms with van der Waals surface area (Å²) in [6.07, 6.45) is 1.86. The zero-order valence-electron chi connectivity index (χ0n) is 48.9. The molecule has 0 aromatic heterocycles. The number of carboxylic acids is 1. The first-order valence-electron chi connectivity index (χ1n) is 27.4. The highest BCUT2D eigenvalue weighted by molar-refractivity contribution is 6.12. The molecule has 8 rings (SSSR count). The van der Waals surface area contributed by atoms with Crippen molar-refractivity contribution in [2.24, 2.45) is 76.7 Å². The molecule has 15 atom stereocenters. The van der Waals surface area contributed by atoms with Gasteiger partial charge in [-0.2, -0.15) is 0 Å². The predicted octanol–water partition coefficient (Wildman–Crippen LogP) is 4.51. The maximum atomic E-state index is 12.9. The molecule has 5 aliphatic heterocycles. The Kier molecular flexibility index (Phi) is 23.8. The monoisotopic (exact) mass is 1140 g/mol. The number of hydrogen-bond acceptors (Lipinski definition) is 16. The lowest BCUT2D eigenvalue weighted by atomic mass is 9.69. The van der Waals surface area contributed by atoms with Gasteiger partial charge in [0.05, 0.1) is 72.2 Å². The lowest BCUT2D eigenvalue weighted by molar-refractivity contribution is -0.160. The third-order valence-corrected chi connectivity index (χ3v) is 17.0. The summed E-state index contributed by atoms with van der Waals surface area (Å²) in [6, 6.07) is 28.3. The molecule has 444 valence electrons. The molecule has 8 amide bonds. The van der Waals surface area contributed by atoms with Gasteiger partial charge in [0.15, 0.2) is 0 Å². The van der Waals surface area contributed by atoms with Gasteiger partial charge in [0.25, 0.3) is 0 Å². The number of hydrogen-bond donors (Lipinski definition) is 3. The van der Waals surface area contributed by atoms with Gasteiger partial charge in [-0.15, -0.1) is 0 Å². The second kappa shape index (κ2) is 29.3. The number of cyclic esters (lactones) is 2. The van der Waals surface area contributed by atoms with Crippen LogP contribution < -0.4 is 5.73 Å². The topological polar surface area (TPSA) is 303 Å². The lowest BCUT2D eigenvalue weighted by Crippen LogP contribution is -2.41. The van der Waals surface area contributed by atoms with E-state index in [2.05, 4.69) is 10.5 Å². The fourth-order valence-corrected chi connectivity index (χ4v) is 12.7. The van der Waals surface area contributed by atoms with Crippen LogP contribution in [0.2, 0.25) is 0 Å². The number of aliphatic carboxylic acids is 1. The Balaban J connectivity index is 0.000000256. The maximum Gasteiger partial charge on any atom is 0.318 e. The van der Waals surface area contributed by atoms with Gasteiger partial charge in [0, 0.05) is 41.2 Å². The van der Waals surface area contributed by atoms with Crippen LogP contribution in [0.3, 0.4) is 0 Å². The van der Waals surface area contributed by atoms with Crippen LogP contribution in [-0.4, -0.2) is 150 Å². The number of carbonyl (C=O) groups is 12. The average Bonchev–Trinajstić information content (AvgIpc) is 3.99. The first-order chi connectivity index (χ1) is 38.9. The molecular weight excluding hydrogens is 1060 g/mol. The fraction of sp³-hybridized carbons (Fsp3) is 0.508. The van der Waals surface area contributed by atoms with Gasteiger partial charge in [-0.05, 0) is 60.8 Å². The molecule has 0 spiro atoms. The van der Waals surface area contributed by atoms with Gasteiger partial charge in [0.1, 0.15) is 0 Å². The van der Waals surface area contributed by atoms with Gasteiger partial charge in [-0.25, -0.2) is 0 Å². The van der Waals surface area contributed by atoms with E-state index in [9.17, 15) is 62.6 Å². The molecule has 3 aromatic carbocycles. The van der Waals surface area contributed by atoms with E-state index in [4.69, 9.17) is 9.84 Å². The maximum absolute atomic E-state index is 12.9. The number of carbonyl (C=O) groups excluding carboxylic acids is 11. The first-order valence-corrected chi connectivity index (χ1v) is 27.4. The number of aliphatic hydroxyl groups is 1. The number of ether oxygens (including phenoxy) is 2. The standard InChI is InChI=1S/C20H24N2O4.C20H25NO6.C19H21NO5.CH5N.CH4O/c1-5-13(12-9-7-6-8-10-12)15-16(20(26)22(4)19(15)25)14-11(2)17(23)21(3)18(14)24;1-5-13(12-9-7-6-8-10-12)15-16(18(23)21(3)17(15)22)14(19(24)25)11(2)20(26)27-4;1-4-12(11-8-6-5-7-9-11)14-15(17(22)20(3)16(14)21)13-10(2)18(23)25-19(13)24;2*1-2/h6-11,13-16H,5H2,1-4H3;6-11,13-16H,5H2,1-4H3,(H,24,25);5-10,12-15H,4H2,1-3H3;2H2,1H3;2H,1H3. The summed E-state index contributed by atoms with van der Waals surface area (Å²) in [5.74, 6) is -17.4.